The number of carbonyl (C=O) groups is 2. The molecule has 1 heterocycles. The van der Waals surface area contributed by atoms with Crippen LogP contribution in [-0.4, -0.2) is 25.0 Å². The Labute approximate surface area is 104 Å². The molecule has 1 saturated heterocycles. The van der Waals surface area contributed by atoms with E-state index in [0.717, 1.165) is 0 Å². The molecular weight excluding hydrogens is 234 g/mol. The van der Waals surface area contributed by atoms with E-state index in [4.69, 9.17) is 10.5 Å². The molecule has 1 aromatic carbocycles. The first kappa shape index (κ1) is 12.2. The van der Waals surface area contributed by atoms with Gasteiger partial charge in [0.25, 0.3) is 0 Å². The van der Waals surface area contributed by atoms with Gasteiger partial charge in [-0.05, 0) is 12.5 Å². The molecule has 1 aromatic rings. The number of piperidine rings is 1. The molecule has 0 aromatic heterocycles. The molecule has 1 aliphatic heterocycles. The standard InChI is InChI=1S/C12H15N3O3/c1-18-9-5-7(13)4-8(6-9)14-10-2-3-11(16)15-12(10)17/h4-6,10,14H,2-3,13H2,1H3,(H,15,16,17). The van der Waals surface area contributed by atoms with Gasteiger partial charge in [0.15, 0.2) is 0 Å². The Bertz CT molecular complexity index is 487. The molecule has 0 bridgehead atoms. The second kappa shape index (κ2) is 4.95. The van der Waals surface area contributed by atoms with Gasteiger partial charge in [-0.3, -0.25) is 14.9 Å². The fourth-order valence-corrected chi connectivity index (χ4v) is 1.86. The first-order valence-corrected chi connectivity index (χ1v) is 5.63. The molecule has 1 aliphatic rings. The number of benzene rings is 1. The highest BCUT2D eigenvalue weighted by atomic mass is 16.5. The lowest BCUT2D eigenvalue weighted by Gasteiger charge is -2.23. The summed E-state index contributed by atoms with van der Waals surface area (Å²) >= 11 is 0. The van der Waals surface area contributed by atoms with Gasteiger partial charge in [0, 0.05) is 29.9 Å². The summed E-state index contributed by atoms with van der Waals surface area (Å²) in [5.41, 5.74) is 6.96. The van der Waals surface area contributed by atoms with Gasteiger partial charge in [-0.2, -0.15) is 0 Å². The second-order valence-corrected chi connectivity index (χ2v) is 4.14. The van der Waals surface area contributed by atoms with Crippen molar-refractivity contribution >= 4 is 23.2 Å². The normalized spacial score (nSPS) is 19.3. The maximum atomic E-state index is 11.6. The van der Waals surface area contributed by atoms with Crippen molar-refractivity contribution in [3.63, 3.8) is 0 Å². The molecule has 0 spiro atoms. The van der Waals surface area contributed by atoms with Crippen molar-refractivity contribution in [1.29, 1.82) is 0 Å². The van der Waals surface area contributed by atoms with Crippen molar-refractivity contribution in [2.45, 2.75) is 18.9 Å². The summed E-state index contributed by atoms with van der Waals surface area (Å²) < 4.78 is 5.09. The van der Waals surface area contributed by atoms with Crippen LogP contribution in [0.4, 0.5) is 11.4 Å². The monoisotopic (exact) mass is 249 g/mol. The highest BCUT2D eigenvalue weighted by Crippen LogP contribution is 2.23. The van der Waals surface area contributed by atoms with E-state index < -0.39 is 6.04 Å². The van der Waals surface area contributed by atoms with Gasteiger partial charge in [-0.25, -0.2) is 0 Å². The molecule has 6 heteroatoms. The number of anilines is 2. The molecular formula is C12H15N3O3. The van der Waals surface area contributed by atoms with Crippen LogP contribution in [0.2, 0.25) is 0 Å². The van der Waals surface area contributed by atoms with E-state index in [2.05, 4.69) is 10.6 Å². The van der Waals surface area contributed by atoms with Gasteiger partial charge < -0.3 is 15.8 Å². The lowest BCUT2D eigenvalue weighted by molar-refractivity contribution is -0.133. The van der Waals surface area contributed by atoms with Crippen molar-refractivity contribution in [3.05, 3.63) is 18.2 Å². The third-order valence-corrected chi connectivity index (χ3v) is 2.74. The second-order valence-electron chi connectivity index (χ2n) is 4.14. The van der Waals surface area contributed by atoms with Gasteiger partial charge in [0.1, 0.15) is 11.8 Å². The molecule has 0 saturated carbocycles. The Morgan fingerprint density at radius 3 is 2.83 bits per heavy atom. The predicted molar refractivity (Wildman–Crippen MR) is 67.2 cm³/mol. The Morgan fingerprint density at radius 2 is 2.17 bits per heavy atom. The van der Waals surface area contributed by atoms with Gasteiger partial charge in [-0.15, -0.1) is 0 Å². The first-order valence-electron chi connectivity index (χ1n) is 5.63. The molecule has 1 atom stereocenters. The summed E-state index contributed by atoms with van der Waals surface area (Å²) in [7, 11) is 1.55. The summed E-state index contributed by atoms with van der Waals surface area (Å²) in [4.78, 5) is 22.6. The van der Waals surface area contributed by atoms with Crippen molar-refractivity contribution < 1.29 is 14.3 Å². The largest absolute Gasteiger partial charge is 0.497 e. The van der Waals surface area contributed by atoms with Crippen molar-refractivity contribution in [3.8, 4) is 5.75 Å². The number of amides is 2. The average molecular weight is 249 g/mol. The molecule has 0 radical (unpaired) electrons. The molecule has 4 N–H and O–H groups in total. The van der Waals surface area contributed by atoms with Gasteiger partial charge in [0.05, 0.1) is 7.11 Å². The number of carbonyl (C=O) groups excluding carboxylic acids is 2. The lowest BCUT2D eigenvalue weighted by Crippen LogP contribution is -2.47. The minimum Gasteiger partial charge on any atom is -0.497 e. The zero-order valence-corrected chi connectivity index (χ0v) is 10.0. The highest BCUT2D eigenvalue weighted by Gasteiger charge is 2.26. The Morgan fingerprint density at radius 1 is 1.39 bits per heavy atom. The minimum absolute atomic E-state index is 0.233. The number of nitrogen functional groups attached to an aromatic ring is 1. The Balaban J connectivity index is 2.11. The fraction of sp³-hybridized carbons (Fsp3) is 0.333. The number of hydrogen-bond acceptors (Lipinski definition) is 5. The van der Waals surface area contributed by atoms with Gasteiger partial charge in [0.2, 0.25) is 11.8 Å². The molecule has 6 nitrogen and oxygen atoms in total. The van der Waals surface area contributed by atoms with Gasteiger partial charge >= 0.3 is 0 Å². The van der Waals surface area contributed by atoms with E-state index in [1.807, 2.05) is 0 Å². The maximum absolute atomic E-state index is 11.6. The van der Waals surface area contributed by atoms with E-state index in [1.165, 1.54) is 0 Å². The van der Waals surface area contributed by atoms with Crippen molar-refractivity contribution in [1.82, 2.24) is 5.32 Å². The van der Waals surface area contributed by atoms with Crippen LogP contribution in [0, 0.1) is 0 Å². The number of imide groups is 1. The number of ether oxygens (including phenoxy) is 1. The highest BCUT2D eigenvalue weighted by molar-refractivity contribution is 6.01. The van der Waals surface area contributed by atoms with Crippen LogP contribution in [-0.2, 0) is 9.59 Å². The van der Waals surface area contributed by atoms with Crippen LogP contribution in [0.1, 0.15) is 12.8 Å². The van der Waals surface area contributed by atoms with Crippen LogP contribution >= 0.6 is 0 Å². The van der Waals surface area contributed by atoms with Crippen molar-refractivity contribution in [2.24, 2.45) is 0 Å². The van der Waals surface area contributed by atoms with Crippen molar-refractivity contribution in [2.75, 3.05) is 18.2 Å². The van der Waals surface area contributed by atoms with E-state index in [9.17, 15) is 9.59 Å². The summed E-state index contributed by atoms with van der Waals surface area (Å²) in [5, 5.41) is 5.33. The van der Waals surface area contributed by atoms with Crippen LogP contribution in [0.5, 0.6) is 5.75 Å². The molecule has 18 heavy (non-hydrogen) atoms. The Hall–Kier alpha value is -2.24. The molecule has 2 rings (SSSR count). The summed E-state index contributed by atoms with van der Waals surface area (Å²) in [5.74, 6) is 0.0700. The quantitative estimate of drug-likeness (QED) is 0.535. The molecule has 0 aliphatic carbocycles. The lowest BCUT2D eigenvalue weighted by atomic mass is 10.1. The zero-order valence-electron chi connectivity index (χ0n) is 10.0. The number of hydrogen-bond donors (Lipinski definition) is 3. The molecule has 1 unspecified atom stereocenters. The molecule has 96 valence electrons. The molecule has 1 fully saturated rings. The molecule has 2 amide bonds. The Kier molecular flexibility index (Phi) is 3.36. The van der Waals surface area contributed by atoms with E-state index >= 15 is 0 Å². The van der Waals surface area contributed by atoms with E-state index in [0.29, 0.717) is 30.0 Å². The summed E-state index contributed by atoms with van der Waals surface area (Å²) in [6.45, 7) is 0. The maximum Gasteiger partial charge on any atom is 0.249 e. The number of nitrogens with one attached hydrogen (secondary N) is 2. The third kappa shape index (κ3) is 2.71. The summed E-state index contributed by atoms with van der Waals surface area (Å²) in [6, 6.07) is 4.73. The topological polar surface area (TPSA) is 93.4 Å². The third-order valence-electron chi connectivity index (χ3n) is 2.74. The number of nitrogens with two attached hydrogens (primary N) is 1. The van der Waals surface area contributed by atoms with Crippen LogP contribution in [0.3, 0.4) is 0 Å². The van der Waals surface area contributed by atoms with Crippen LogP contribution in [0.15, 0.2) is 18.2 Å². The number of rotatable bonds is 3. The van der Waals surface area contributed by atoms with Crippen LogP contribution < -0.4 is 21.1 Å². The van der Waals surface area contributed by atoms with Gasteiger partial charge in [-0.1, -0.05) is 0 Å². The van der Waals surface area contributed by atoms with E-state index in [1.54, 1.807) is 25.3 Å². The average Bonchev–Trinajstić information content (AvgIpc) is 2.32. The number of methoxy groups -OCH3 is 1. The first-order chi connectivity index (χ1) is 8.58. The fourth-order valence-electron chi connectivity index (χ4n) is 1.86. The predicted octanol–water partition coefficient (Wildman–Crippen LogP) is 0.494. The SMILES string of the molecule is COc1cc(N)cc(NC2CCC(=O)NC2=O)c1. The summed E-state index contributed by atoms with van der Waals surface area (Å²) in [6.07, 6.45) is 0.810. The zero-order chi connectivity index (χ0) is 13.1. The smallest absolute Gasteiger partial charge is 0.249 e. The minimum atomic E-state index is -0.422. The van der Waals surface area contributed by atoms with Crippen LogP contribution in [0.25, 0.3) is 0 Å². The van der Waals surface area contributed by atoms with E-state index in [-0.39, 0.29) is 11.8 Å².